The van der Waals surface area contributed by atoms with Crippen LogP contribution in [-0.2, 0) is 30.6 Å². The quantitative estimate of drug-likeness (QED) is 0.481. The number of hydrogen-bond acceptors (Lipinski definition) is 3. The van der Waals surface area contributed by atoms with Gasteiger partial charge in [0.1, 0.15) is 0 Å². The Balaban J connectivity index is 0. The Hall–Kier alpha value is 0.829. The third kappa shape index (κ3) is 4.98. The smallest absolute Gasteiger partial charge is 0.316 e. The van der Waals surface area contributed by atoms with Gasteiger partial charge in [-0.1, -0.05) is 0 Å². The van der Waals surface area contributed by atoms with E-state index in [1.54, 1.807) is 21.3 Å². The summed E-state index contributed by atoms with van der Waals surface area (Å²) in [6.45, 7) is 0. The van der Waals surface area contributed by atoms with E-state index < -0.39 is 8.60 Å². The summed E-state index contributed by atoms with van der Waals surface area (Å²) in [7, 11) is 3.57. The fourth-order valence-electron chi connectivity index (χ4n) is 0.224. The molecule has 0 amide bonds. The second kappa shape index (κ2) is 7.83. The van der Waals surface area contributed by atoms with Gasteiger partial charge in [-0.25, -0.2) is 0 Å². The van der Waals surface area contributed by atoms with Gasteiger partial charge in [0.15, 0.2) is 0 Å². The van der Waals surface area contributed by atoms with Crippen LogP contribution in [0.3, 0.4) is 0 Å². The van der Waals surface area contributed by atoms with E-state index in [2.05, 4.69) is 13.6 Å². The zero-order valence-electron chi connectivity index (χ0n) is 5.03. The molecule has 0 rings (SSSR count). The van der Waals surface area contributed by atoms with Gasteiger partial charge in [-0.15, -0.1) is 0 Å². The molecule has 0 atom stereocenters. The van der Waals surface area contributed by atoms with E-state index in [0.29, 0.717) is 0 Å². The van der Waals surface area contributed by atoms with Crippen LogP contribution in [0.5, 0.6) is 0 Å². The minimum Gasteiger partial charge on any atom is -0.316 e. The van der Waals surface area contributed by atoms with Crippen LogP contribution in [-0.4, -0.2) is 21.3 Å². The molecule has 0 aliphatic carbocycles. The Morgan fingerprint density at radius 1 is 0.875 bits per heavy atom. The first kappa shape index (κ1) is 11.6. The molecule has 0 aromatic carbocycles. The minimum absolute atomic E-state index is 0. The van der Waals surface area contributed by atoms with Crippen molar-refractivity contribution in [3.8, 4) is 0 Å². The minimum atomic E-state index is -1.05. The molecule has 0 saturated heterocycles. The summed E-state index contributed by atoms with van der Waals surface area (Å²) >= 11 is 0. The molecule has 0 spiro atoms. The van der Waals surface area contributed by atoms with Crippen molar-refractivity contribution in [2.24, 2.45) is 0 Å². The fraction of sp³-hybridized carbons (Fsp3) is 1.00. The van der Waals surface area contributed by atoms with Crippen molar-refractivity contribution >= 4 is 8.60 Å². The molecule has 0 saturated carbocycles. The van der Waals surface area contributed by atoms with Crippen LogP contribution < -0.4 is 0 Å². The van der Waals surface area contributed by atoms with Gasteiger partial charge in [0, 0.05) is 38.4 Å². The Kier molecular flexibility index (Phi) is 11.4. The molecular weight excluding hydrogens is 171 g/mol. The summed E-state index contributed by atoms with van der Waals surface area (Å²) in [6.07, 6.45) is 0. The Morgan fingerprint density at radius 3 is 1.12 bits per heavy atom. The molecule has 3 nitrogen and oxygen atoms in total. The van der Waals surface area contributed by atoms with E-state index in [1.165, 1.54) is 0 Å². The average Bonchev–Trinajstić information content (AvgIpc) is 1.72. The van der Waals surface area contributed by atoms with Gasteiger partial charge in [0.05, 0.1) is 0 Å². The summed E-state index contributed by atoms with van der Waals surface area (Å²) in [5.74, 6) is 0. The van der Waals surface area contributed by atoms with E-state index >= 15 is 0 Å². The second-order valence-electron chi connectivity index (χ2n) is 0.771. The van der Waals surface area contributed by atoms with Gasteiger partial charge in [0.2, 0.25) is 0 Å². The second-order valence-corrected chi connectivity index (χ2v) is 2.31. The van der Waals surface area contributed by atoms with Crippen LogP contribution in [0.15, 0.2) is 0 Å². The van der Waals surface area contributed by atoms with E-state index in [0.717, 1.165) is 0 Å². The van der Waals surface area contributed by atoms with Crippen molar-refractivity contribution < 1.29 is 30.6 Å². The first-order valence-electron chi connectivity index (χ1n) is 1.77. The fourth-order valence-corrected chi connectivity index (χ4v) is 0.671. The van der Waals surface area contributed by atoms with Crippen molar-refractivity contribution in [3.63, 3.8) is 0 Å². The van der Waals surface area contributed by atoms with Crippen LogP contribution in [0.1, 0.15) is 0 Å². The molecule has 0 heterocycles. The molecule has 0 aliphatic heterocycles. The monoisotopic (exact) mass is 180 g/mol. The van der Waals surface area contributed by atoms with E-state index in [-0.39, 0.29) is 17.1 Å². The maximum atomic E-state index is 4.67. The van der Waals surface area contributed by atoms with Crippen molar-refractivity contribution in [1.29, 1.82) is 0 Å². The molecular formula is C3H9FeO3P. The van der Waals surface area contributed by atoms with E-state index in [1.807, 2.05) is 0 Å². The van der Waals surface area contributed by atoms with Gasteiger partial charge in [-0.2, -0.15) is 0 Å². The van der Waals surface area contributed by atoms with E-state index in [4.69, 9.17) is 0 Å². The normalized spacial score (nSPS) is 9.00. The summed E-state index contributed by atoms with van der Waals surface area (Å²) in [6, 6.07) is 0. The molecule has 0 bridgehead atoms. The molecule has 0 aromatic rings. The van der Waals surface area contributed by atoms with Gasteiger partial charge in [-0.05, 0) is 0 Å². The summed E-state index contributed by atoms with van der Waals surface area (Å²) < 4.78 is 14.0. The predicted molar refractivity (Wildman–Crippen MR) is 27.9 cm³/mol. The van der Waals surface area contributed by atoms with Crippen LogP contribution in [0.4, 0.5) is 0 Å². The molecule has 0 fully saturated rings. The zero-order chi connectivity index (χ0) is 5.70. The predicted octanol–water partition coefficient (Wildman–Crippen LogP) is 1.15. The molecule has 52 valence electrons. The average molecular weight is 180 g/mol. The van der Waals surface area contributed by atoms with Gasteiger partial charge in [0.25, 0.3) is 0 Å². The third-order valence-electron chi connectivity index (χ3n) is 0.447. The summed E-state index contributed by atoms with van der Waals surface area (Å²) in [5, 5.41) is 0. The molecule has 8 heavy (non-hydrogen) atoms. The van der Waals surface area contributed by atoms with Crippen LogP contribution in [0, 0.1) is 0 Å². The molecule has 0 unspecified atom stereocenters. The number of rotatable bonds is 3. The molecule has 0 radical (unpaired) electrons. The topological polar surface area (TPSA) is 27.7 Å². The van der Waals surface area contributed by atoms with Gasteiger partial charge in [-0.3, -0.25) is 0 Å². The zero-order valence-corrected chi connectivity index (χ0v) is 7.02. The maximum Gasteiger partial charge on any atom is 0.331 e. The SMILES string of the molecule is COP(OC)OC.[Fe]. The molecule has 0 aliphatic rings. The first-order valence-corrected chi connectivity index (χ1v) is 2.87. The Labute approximate surface area is 61.2 Å². The standard InChI is InChI=1S/C3H9O3P.Fe/c1-4-7(5-2)6-3;/h1-3H3;. The molecule has 5 heteroatoms. The van der Waals surface area contributed by atoms with Crippen LogP contribution in [0.25, 0.3) is 0 Å². The third-order valence-corrected chi connectivity index (χ3v) is 1.34. The van der Waals surface area contributed by atoms with Crippen LogP contribution >= 0.6 is 8.60 Å². The van der Waals surface area contributed by atoms with Crippen molar-refractivity contribution in [3.05, 3.63) is 0 Å². The molecule has 0 aromatic heterocycles. The summed E-state index contributed by atoms with van der Waals surface area (Å²) in [4.78, 5) is 0. The Morgan fingerprint density at radius 2 is 1.12 bits per heavy atom. The van der Waals surface area contributed by atoms with Gasteiger partial charge >= 0.3 is 8.60 Å². The number of hydrogen-bond donors (Lipinski definition) is 0. The van der Waals surface area contributed by atoms with Gasteiger partial charge < -0.3 is 13.6 Å². The largest absolute Gasteiger partial charge is 0.331 e. The van der Waals surface area contributed by atoms with Crippen molar-refractivity contribution in [2.45, 2.75) is 0 Å². The first-order chi connectivity index (χ1) is 3.35. The summed E-state index contributed by atoms with van der Waals surface area (Å²) in [5.41, 5.74) is 0. The maximum absolute atomic E-state index is 4.67. The van der Waals surface area contributed by atoms with Crippen molar-refractivity contribution in [1.82, 2.24) is 0 Å². The molecule has 0 N–H and O–H groups in total. The van der Waals surface area contributed by atoms with Crippen LogP contribution in [0.2, 0.25) is 0 Å². The van der Waals surface area contributed by atoms with E-state index in [9.17, 15) is 0 Å². The Bertz CT molecular complexity index is 36.0. The van der Waals surface area contributed by atoms with Crippen molar-refractivity contribution in [2.75, 3.05) is 21.3 Å².